The third kappa shape index (κ3) is 2.64. The van der Waals surface area contributed by atoms with Crippen molar-refractivity contribution in [3.05, 3.63) is 35.4 Å². The number of carbonyl (C=O) groups is 2. The lowest BCUT2D eigenvalue weighted by Gasteiger charge is -2.28. The number of hydrogen-bond acceptors (Lipinski definition) is 2. The Hall–Kier alpha value is -1.98. The van der Waals surface area contributed by atoms with E-state index in [2.05, 4.69) is 5.32 Å². The first-order valence-corrected chi connectivity index (χ1v) is 6.41. The van der Waals surface area contributed by atoms with Crippen LogP contribution in [0.15, 0.2) is 18.2 Å². The number of rotatable bonds is 4. The normalized spacial score (nSPS) is 16.9. The number of amides is 1. The minimum Gasteiger partial charge on any atom is -0.480 e. The summed E-state index contributed by atoms with van der Waals surface area (Å²) >= 11 is 0. The summed E-state index contributed by atoms with van der Waals surface area (Å²) in [4.78, 5) is 22.8. The zero-order chi connectivity index (χ0) is 14.8. The fraction of sp³-hybridized carbons (Fsp3) is 0.429. The van der Waals surface area contributed by atoms with E-state index in [0.29, 0.717) is 12.8 Å². The number of aliphatic carboxylic acids is 1. The van der Waals surface area contributed by atoms with E-state index in [0.717, 1.165) is 25.0 Å². The number of carboxylic acids is 1. The Bertz CT molecular complexity index is 539. The summed E-state index contributed by atoms with van der Waals surface area (Å²) < 4.78 is 27.0. The van der Waals surface area contributed by atoms with Crippen molar-refractivity contribution in [1.29, 1.82) is 0 Å². The minimum absolute atomic E-state index is 0.138. The standard InChI is InChI=1S/C14H15F2NO3/c15-9-3-4-10(11(16)7-9)14(5-1-2-6-14)13(20)17-8-12(18)19/h3-4,7H,1-2,5-6,8H2,(H,17,20)(H,18,19). The molecule has 0 bridgehead atoms. The van der Waals surface area contributed by atoms with Crippen molar-refractivity contribution >= 4 is 11.9 Å². The van der Waals surface area contributed by atoms with Gasteiger partial charge in [-0.2, -0.15) is 0 Å². The first-order valence-electron chi connectivity index (χ1n) is 6.41. The van der Waals surface area contributed by atoms with Crippen LogP contribution >= 0.6 is 0 Å². The molecule has 108 valence electrons. The summed E-state index contributed by atoms with van der Waals surface area (Å²) in [5, 5.41) is 10.9. The fourth-order valence-corrected chi connectivity index (χ4v) is 2.80. The van der Waals surface area contributed by atoms with Crippen LogP contribution in [-0.4, -0.2) is 23.5 Å². The molecule has 1 amide bonds. The highest BCUT2D eigenvalue weighted by Gasteiger charge is 2.44. The first-order chi connectivity index (χ1) is 9.45. The molecule has 1 aromatic carbocycles. The number of nitrogens with one attached hydrogen (secondary N) is 1. The highest BCUT2D eigenvalue weighted by Crippen LogP contribution is 2.42. The summed E-state index contributed by atoms with van der Waals surface area (Å²) in [5.74, 6) is -3.14. The zero-order valence-electron chi connectivity index (χ0n) is 10.8. The number of halogens is 2. The molecule has 0 unspecified atom stereocenters. The van der Waals surface area contributed by atoms with Gasteiger partial charge >= 0.3 is 5.97 Å². The van der Waals surface area contributed by atoms with E-state index in [4.69, 9.17) is 5.11 Å². The highest BCUT2D eigenvalue weighted by molar-refractivity contribution is 5.90. The van der Waals surface area contributed by atoms with Crippen LogP contribution < -0.4 is 5.32 Å². The maximum absolute atomic E-state index is 14.0. The van der Waals surface area contributed by atoms with E-state index in [9.17, 15) is 18.4 Å². The van der Waals surface area contributed by atoms with Crippen LogP contribution in [-0.2, 0) is 15.0 Å². The lowest BCUT2D eigenvalue weighted by atomic mass is 9.77. The third-order valence-electron chi connectivity index (χ3n) is 3.74. The SMILES string of the molecule is O=C(O)CNC(=O)C1(c2ccc(F)cc2F)CCCC1. The molecule has 2 rings (SSSR count). The maximum Gasteiger partial charge on any atom is 0.322 e. The van der Waals surface area contributed by atoms with E-state index in [1.165, 1.54) is 6.07 Å². The van der Waals surface area contributed by atoms with Crippen molar-refractivity contribution in [2.75, 3.05) is 6.54 Å². The first kappa shape index (κ1) is 14.4. The third-order valence-corrected chi connectivity index (χ3v) is 3.74. The van der Waals surface area contributed by atoms with E-state index >= 15 is 0 Å². The van der Waals surface area contributed by atoms with Crippen molar-refractivity contribution < 1.29 is 23.5 Å². The van der Waals surface area contributed by atoms with Gasteiger partial charge in [0, 0.05) is 11.6 Å². The average Bonchev–Trinajstić information content (AvgIpc) is 2.86. The molecular weight excluding hydrogens is 268 g/mol. The van der Waals surface area contributed by atoms with Crippen LogP contribution in [0.3, 0.4) is 0 Å². The van der Waals surface area contributed by atoms with Crippen LogP contribution in [0.1, 0.15) is 31.2 Å². The van der Waals surface area contributed by atoms with Crippen molar-refractivity contribution in [1.82, 2.24) is 5.32 Å². The Balaban J connectivity index is 2.34. The molecular formula is C14H15F2NO3. The summed E-state index contributed by atoms with van der Waals surface area (Å²) in [6, 6.07) is 3.14. The lowest BCUT2D eigenvalue weighted by molar-refractivity contribution is -0.138. The van der Waals surface area contributed by atoms with Gasteiger partial charge in [-0.1, -0.05) is 18.9 Å². The summed E-state index contributed by atoms with van der Waals surface area (Å²) in [7, 11) is 0. The van der Waals surface area contributed by atoms with Gasteiger partial charge in [-0.25, -0.2) is 8.78 Å². The van der Waals surface area contributed by atoms with Crippen LogP contribution in [0.5, 0.6) is 0 Å². The van der Waals surface area contributed by atoms with Gasteiger partial charge in [0.25, 0.3) is 0 Å². The molecule has 2 N–H and O–H groups in total. The van der Waals surface area contributed by atoms with Crippen LogP contribution in [0.2, 0.25) is 0 Å². The number of hydrogen-bond donors (Lipinski definition) is 2. The van der Waals surface area contributed by atoms with Gasteiger partial charge in [-0.3, -0.25) is 9.59 Å². The van der Waals surface area contributed by atoms with Gasteiger partial charge in [0.15, 0.2) is 0 Å². The van der Waals surface area contributed by atoms with Gasteiger partial charge < -0.3 is 10.4 Å². The van der Waals surface area contributed by atoms with Crippen LogP contribution in [0, 0.1) is 11.6 Å². The zero-order valence-corrected chi connectivity index (χ0v) is 10.8. The second kappa shape index (κ2) is 5.56. The molecule has 1 aliphatic rings. The van der Waals surface area contributed by atoms with E-state index in [1.54, 1.807) is 0 Å². The van der Waals surface area contributed by atoms with E-state index < -0.39 is 35.5 Å². The quantitative estimate of drug-likeness (QED) is 0.888. The molecule has 4 nitrogen and oxygen atoms in total. The molecule has 1 aromatic rings. The molecule has 1 saturated carbocycles. The second-order valence-corrected chi connectivity index (χ2v) is 4.99. The molecule has 0 radical (unpaired) electrons. The fourth-order valence-electron chi connectivity index (χ4n) is 2.80. The predicted octanol–water partition coefficient (Wildman–Crippen LogP) is 1.98. The summed E-state index contributed by atoms with van der Waals surface area (Å²) in [5.41, 5.74) is -0.952. The molecule has 1 aliphatic carbocycles. The monoisotopic (exact) mass is 283 g/mol. The van der Waals surface area contributed by atoms with Gasteiger partial charge in [0.1, 0.15) is 18.2 Å². The maximum atomic E-state index is 14.0. The van der Waals surface area contributed by atoms with Gasteiger partial charge in [-0.15, -0.1) is 0 Å². The molecule has 20 heavy (non-hydrogen) atoms. The summed E-state index contributed by atoms with van der Waals surface area (Å²) in [6.45, 7) is -0.511. The number of carbonyl (C=O) groups excluding carboxylic acids is 1. The number of benzene rings is 1. The van der Waals surface area contributed by atoms with Gasteiger partial charge in [0.2, 0.25) is 5.91 Å². The number of carboxylic acid groups (broad SMARTS) is 1. The molecule has 0 aliphatic heterocycles. The van der Waals surface area contributed by atoms with Crippen molar-refractivity contribution in [3.8, 4) is 0 Å². The van der Waals surface area contributed by atoms with E-state index in [1.807, 2.05) is 0 Å². The minimum atomic E-state index is -1.16. The molecule has 1 fully saturated rings. The molecule has 0 spiro atoms. The van der Waals surface area contributed by atoms with Crippen molar-refractivity contribution in [2.45, 2.75) is 31.1 Å². The van der Waals surface area contributed by atoms with Gasteiger partial charge in [-0.05, 0) is 18.9 Å². The smallest absolute Gasteiger partial charge is 0.322 e. The van der Waals surface area contributed by atoms with Crippen molar-refractivity contribution in [2.24, 2.45) is 0 Å². The molecule has 0 heterocycles. The summed E-state index contributed by atoms with van der Waals surface area (Å²) in [6.07, 6.45) is 2.36. The Morgan fingerprint density at radius 3 is 2.45 bits per heavy atom. The van der Waals surface area contributed by atoms with E-state index in [-0.39, 0.29) is 5.56 Å². The van der Waals surface area contributed by atoms with Crippen molar-refractivity contribution in [3.63, 3.8) is 0 Å². The molecule has 0 atom stereocenters. The van der Waals surface area contributed by atoms with Crippen LogP contribution in [0.25, 0.3) is 0 Å². The Morgan fingerprint density at radius 2 is 1.90 bits per heavy atom. The predicted molar refractivity (Wildman–Crippen MR) is 67.1 cm³/mol. The van der Waals surface area contributed by atoms with Gasteiger partial charge in [0.05, 0.1) is 5.41 Å². The largest absolute Gasteiger partial charge is 0.480 e. The van der Waals surface area contributed by atoms with Crippen LogP contribution in [0.4, 0.5) is 8.78 Å². The Kier molecular flexibility index (Phi) is 4.01. The Labute approximate surface area is 114 Å². The highest BCUT2D eigenvalue weighted by atomic mass is 19.1. The molecule has 0 saturated heterocycles. The Morgan fingerprint density at radius 1 is 1.25 bits per heavy atom. The second-order valence-electron chi connectivity index (χ2n) is 4.99. The molecule has 0 aromatic heterocycles. The lowest BCUT2D eigenvalue weighted by Crippen LogP contribution is -2.45. The topological polar surface area (TPSA) is 66.4 Å². The molecule has 6 heteroatoms. The average molecular weight is 283 g/mol.